The number of nitrogens with zero attached hydrogens (tertiary/aromatic N) is 4. The molecule has 8 heteroatoms. The van der Waals surface area contributed by atoms with Crippen LogP contribution in [0, 0.1) is 0 Å². The van der Waals surface area contributed by atoms with Crippen molar-refractivity contribution in [2.24, 2.45) is 5.73 Å². The van der Waals surface area contributed by atoms with E-state index in [9.17, 15) is 8.78 Å². The lowest BCUT2D eigenvalue weighted by molar-refractivity contribution is 0.146. The van der Waals surface area contributed by atoms with Gasteiger partial charge in [-0.15, -0.1) is 0 Å². The summed E-state index contributed by atoms with van der Waals surface area (Å²) in [6.45, 7) is 1.60. The van der Waals surface area contributed by atoms with Gasteiger partial charge in [0.1, 0.15) is 17.2 Å². The first-order valence-electron chi connectivity index (χ1n) is 5.54. The van der Waals surface area contributed by atoms with Gasteiger partial charge in [0.2, 0.25) is 0 Å². The van der Waals surface area contributed by atoms with E-state index >= 15 is 0 Å². The first kappa shape index (κ1) is 14.3. The lowest BCUT2D eigenvalue weighted by Gasteiger charge is -2.09. The van der Waals surface area contributed by atoms with E-state index in [1.165, 1.54) is 18.6 Å². The van der Waals surface area contributed by atoms with Crippen LogP contribution in [0.15, 0.2) is 30.4 Å². The number of alkyl halides is 2. The van der Waals surface area contributed by atoms with E-state index in [0.717, 1.165) is 6.07 Å². The predicted molar refractivity (Wildman–Crippen MR) is 69.9 cm³/mol. The molecule has 0 aromatic carbocycles. The SMILES string of the molecule is C/C(N)=C(\c1cc(Cl)ncn1)c1nccc(C(F)F)n1. The third kappa shape index (κ3) is 3.05. The van der Waals surface area contributed by atoms with Crippen LogP contribution in [0.5, 0.6) is 0 Å². The average Bonchev–Trinajstić information content (AvgIpc) is 2.39. The molecule has 5 nitrogen and oxygen atoms in total. The van der Waals surface area contributed by atoms with Gasteiger partial charge in [-0.2, -0.15) is 0 Å². The molecule has 0 atom stereocenters. The molecule has 0 saturated carbocycles. The minimum absolute atomic E-state index is 0.0672. The normalized spacial score (nSPS) is 12.4. The van der Waals surface area contributed by atoms with E-state index < -0.39 is 6.43 Å². The van der Waals surface area contributed by atoms with Gasteiger partial charge in [-0.1, -0.05) is 11.6 Å². The summed E-state index contributed by atoms with van der Waals surface area (Å²) in [5.41, 5.74) is 6.46. The van der Waals surface area contributed by atoms with Gasteiger partial charge in [0.05, 0.1) is 11.3 Å². The van der Waals surface area contributed by atoms with Crippen LogP contribution in [-0.2, 0) is 0 Å². The zero-order valence-corrected chi connectivity index (χ0v) is 11.1. The van der Waals surface area contributed by atoms with Gasteiger partial charge in [-0.25, -0.2) is 28.7 Å². The number of hydrogen-bond acceptors (Lipinski definition) is 5. The van der Waals surface area contributed by atoms with Crippen molar-refractivity contribution in [3.8, 4) is 0 Å². The van der Waals surface area contributed by atoms with Crippen molar-refractivity contribution in [2.45, 2.75) is 13.3 Å². The molecule has 2 rings (SSSR count). The van der Waals surface area contributed by atoms with Gasteiger partial charge in [-0.05, 0) is 13.0 Å². The highest BCUT2D eigenvalue weighted by atomic mass is 35.5. The second-order valence-corrected chi connectivity index (χ2v) is 4.28. The minimum atomic E-state index is -2.69. The summed E-state index contributed by atoms with van der Waals surface area (Å²) in [4.78, 5) is 15.5. The number of hydrogen-bond donors (Lipinski definition) is 1. The molecule has 20 heavy (non-hydrogen) atoms. The van der Waals surface area contributed by atoms with E-state index in [2.05, 4.69) is 19.9 Å². The van der Waals surface area contributed by atoms with Crippen LogP contribution in [0.4, 0.5) is 8.78 Å². The molecule has 2 heterocycles. The van der Waals surface area contributed by atoms with Crippen molar-refractivity contribution in [1.82, 2.24) is 19.9 Å². The summed E-state index contributed by atoms with van der Waals surface area (Å²) in [5, 5.41) is 0.207. The van der Waals surface area contributed by atoms with E-state index in [1.807, 2.05) is 0 Å². The first-order chi connectivity index (χ1) is 9.49. The largest absolute Gasteiger partial charge is 0.402 e. The minimum Gasteiger partial charge on any atom is -0.402 e. The number of nitrogens with two attached hydrogens (primary N) is 1. The number of allylic oxidation sites excluding steroid dienone is 1. The zero-order valence-electron chi connectivity index (χ0n) is 10.4. The Morgan fingerprint density at radius 1 is 1.30 bits per heavy atom. The molecule has 2 aromatic heterocycles. The molecule has 104 valence electrons. The Morgan fingerprint density at radius 3 is 2.65 bits per heavy atom. The Balaban J connectivity index is 2.56. The number of aromatic nitrogens is 4. The van der Waals surface area contributed by atoms with Gasteiger partial charge in [0, 0.05) is 18.0 Å². The molecule has 0 aliphatic rings. The Bertz CT molecular complexity index is 656. The summed E-state index contributed by atoms with van der Waals surface area (Å²) in [7, 11) is 0. The number of rotatable bonds is 3. The van der Waals surface area contributed by atoms with E-state index in [4.69, 9.17) is 17.3 Å². The Hall–Kier alpha value is -2.15. The fourth-order valence-electron chi connectivity index (χ4n) is 1.58. The molecule has 0 saturated heterocycles. The van der Waals surface area contributed by atoms with E-state index in [-0.39, 0.29) is 16.7 Å². The van der Waals surface area contributed by atoms with E-state index in [0.29, 0.717) is 17.0 Å². The molecule has 0 aliphatic heterocycles. The van der Waals surface area contributed by atoms with Crippen LogP contribution in [0.2, 0.25) is 5.15 Å². The standard InChI is InChI=1S/C12H10ClF2N5/c1-6(16)10(8-4-9(13)19-5-18-8)12-17-3-2-7(20-12)11(14)15/h2-5,11H,16H2,1H3/b10-6-. The second-order valence-electron chi connectivity index (χ2n) is 3.89. The Labute approximate surface area is 118 Å². The lowest BCUT2D eigenvalue weighted by Crippen LogP contribution is -2.07. The second kappa shape index (κ2) is 5.87. The maximum Gasteiger partial charge on any atom is 0.280 e. The fraction of sp³-hybridized carbons (Fsp3) is 0.167. The molecule has 2 N–H and O–H groups in total. The van der Waals surface area contributed by atoms with Crippen LogP contribution < -0.4 is 5.73 Å². The summed E-state index contributed by atoms with van der Waals surface area (Å²) in [5.74, 6) is 0.0672. The van der Waals surface area contributed by atoms with Crippen LogP contribution >= 0.6 is 11.6 Å². The van der Waals surface area contributed by atoms with Crippen LogP contribution in [0.3, 0.4) is 0 Å². The monoisotopic (exact) mass is 297 g/mol. The van der Waals surface area contributed by atoms with Crippen molar-refractivity contribution in [3.63, 3.8) is 0 Å². The molecule has 0 radical (unpaired) electrons. The Kier molecular flexibility index (Phi) is 4.19. The molecule has 0 bridgehead atoms. The third-order valence-electron chi connectivity index (χ3n) is 2.41. The van der Waals surface area contributed by atoms with E-state index in [1.54, 1.807) is 6.92 Å². The van der Waals surface area contributed by atoms with Gasteiger partial charge in [0.25, 0.3) is 6.43 Å². The predicted octanol–water partition coefficient (Wildman–Crippen LogP) is 2.60. The average molecular weight is 298 g/mol. The molecular formula is C12H10ClF2N5. The fourth-order valence-corrected chi connectivity index (χ4v) is 1.72. The van der Waals surface area contributed by atoms with Crippen molar-refractivity contribution in [3.05, 3.63) is 52.7 Å². The van der Waals surface area contributed by atoms with Gasteiger partial charge in [-0.3, -0.25) is 0 Å². The van der Waals surface area contributed by atoms with Crippen molar-refractivity contribution < 1.29 is 8.78 Å². The maximum atomic E-state index is 12.7. The Morgan fingerprint density at radius 2 is 2.05 bits per heavy atom. The van der Waals surface area contributed by atoms with Gasteiger partial charge < -0.3 is 5.73 Å². The molecule has 0 fully saturated rings. The third-order valence-corrected chi connectivity index (χ3v) is 2.62. The molecule has 0 aliphatic carbocycles. The first-order valence-corrected chi connectivity index (χ1v) is 5.92. The van der Waals surface area contributed by atoms with Crippen molar-refractivity contribution in [2.75, 3.05) is 0 Å². The number of halogens is 3. The smallest absolute Gasteiger partial charge is 0.280 e. The molecule has 2 aromatic rings. The van der Waals surface area contributed by atoms with Crippen LogP contribution in [0.1, 0.15) is 30.6 Å². The summed E-state index contributed by atoms with van der Waals surface area (Å²) < 4.78 is 25.4. The quantitative estimate of drug-likeness (QED) is 0.881. The highest BCUT2D eigenvalue weighted by Crippen LogP contribution is 2.24. The molecule has 0 spiro atoms. The summed E-state index contributed by atoms with van der Waals surface area (Å²) in [6, 6.07) is 2.61. The summed E-state index contributed by atoms with van der Waals surface area (Å²) in [6.07, 6.45) is -0.197. The molecular weight excluding hydrogens is 288 g/mol. The van der Waals surface area contributed by atoms with Crippen molar-refractivity contribution >= 4 is 17.2 Å². The maximum absolute atomic E-state index is 12.7. The highest BCUT2D eigenvalue weighted by molar-refractivity contribution is 6.29. The lowest BCUT2D eigenvalue weighted by atomic mass is 10.1. The van der Waals surface area contributed by atoms with Gasteiger partial charge >= 0.3 is 0 Å². The van der Waals surface area contributed by atoms with Crippen molar-refractivity contribution in [1.29, 1.82) is 0 Å². The zero-order chi connectivity index (χ0) is 14.7. The topological polar surface area (TPSA) is 77.6 Å². The summed E-state index contributed by atoms with van der Waals surface area (Å²) >= 11 is 5.79. The highest BCUT2D eigenvalue weighted by Gasteiger charge is 2.16. The molecule has 0 unspecified atom stereocenters. The van der Waals surface area contributed by atoms with Crippen LogP contribution in [-0.4, -0.2) is 19.9 Å². The van der Waals surface area contributed by atoms with Gasteiger partial charge in [0.15, 0.2) is 5.82 Å². The van der Waals surface area contributed by atoms with Crippen LogP contribution in [0.25, 0.3) is 5.57 Å². The molecule has 0 amide bonds.